The second-order valence-corrected chi connectivity index (χ2v) is 3.14. The van der Waals surface area contributed by atoms with Crippen molar-refractivity contribution in [3.8, 4) is 0 Å². The topological polar surface area (TPSA) is 30.7 Å². The largest absolute Gasteiger partial charge is 0.184 e. The van der Waals surface area contributed by atoms with Gasteiger partial charge < -0.3 is 0 Å². The molecule has 13 heavy (non-hydrogen) atoms. The normalized spacial score (nSPS) is 10.5. The molecule has 0 bridgehead atoms. The summed E-state index contributed by atoms with van der Waals surface area (Å²) in [6.07, 6.45) is 1.14. The predicted molar refractivity (Wildman–Crippen MR) is 58.0 cm³/mol. The van der Waals surface area contributed by atoms with Gasteiger partial charge in [0, 0.05) is 0 Å². The molecule has 0 aliphatic carbocycles. The molecule has 0 radical (unpaired) electrons. The van der Waals surface area contributed by atoms with Crippen molar-refractivity contribution in [2.24, 2.45) is 0 Å². The minimum absolute atomic E-state index is 0.922. The first-order valence-electron chi connectivity index (χ1n) is 4.70. The standard InChI is InChI=1S/C8H11B2N3/c9-10-5-6-13-11-7-3-1-2-4-8(7)12-13/h1-4,10H,5-6,9H2. The van der Waals surface area contributed by atoms with Crippen molar-refractivity contribution in [3.63, 3.8) is 0 Å². The van der Waals surface area contributed by atoms with Gasteiger partial charge >= 0.3 is 0 Å². The molecule has 0 aliphatic heterocycles. The number of aromatic nitrogens is 3. The molecule has 0 atom stereocenters. The maximum absolute atomic E-state index is 4.36. The Morgan fingerprint density at radius 2 is 1.85 bits per heavy atom. The maximum Gasteiger partial charge on any atom is 0.113 e. The summed E-state index contributed by atoms with van der Waals surface area (Å²) in [4.78, 5) is 1.79. The van der Waals surface area contributed by atoms with E-state index in [0.717, 1.165) is 23.9 Å². The van der Waals surface area contributed by atoms with E-state index in [-0.39, 0.29) is 0 Å². The van der Waals surface area contributed by atoms with Gasteiger partial charge in [-0.2, -0.15) is 15.0 Å². The number of aryl methyl sites for hydroxylation is 1. The molecule has 0 amide bonds. The van der Waals surface area contributed by atoms with E-state index in [1.165, 1.54) is 7.17 Å². The second kappa shape index (κ2) is 3.64. The van der Waals surface area contributed by atoms with Crippen LogP contribution in [0.3, 0.4) is 0 Å². The SMILES string of the molecule is BBCCn1nc2ccccc2n1. The molecule has 64 valence electrons. The molecule has 2 aromatic rings. The van der Waals surface area contributed by atoms with Gasteiger partial charge in [-0.25, -0.2) is 0 Å². The lowest BCUT2D eigenvalue weighted by Gasteiger charge is -1.93. The Kier molecular flexibility index (Phi) is 2.34. The summed E-state index contributed by atoms with van der Waals surface area (Å²) in [6.45, 7) is 0.922. The summed E-state index contributed by atoms with van der Waals surface area (Å²) in [6, 6.07) is 7.96. The first-order valence-corrected chi connectivity index (χ1v) is 4.70. The zero-order valence-electron chi connectivity index (χ0n) is 7.77. The van der Waals surface area contributed by atoms with Gasteiger partial charge in [-0.1, -0.05) is 18.5 Å². The van der Waals surface area contributed by atoms with Crippen molar-refractivity contribution < 1.29 is 0 Å². The summed E-state index contributed by atoms with van der Waals surface area (Å²) in [5.41, 5.74) is 1.97. The van der Waals surface area contributed by atoms with E-state index in [0.29, 0.717) is 0 Å². The van der Waals surface area contributed by atoms with Gasteiger partial charge in [0.25, 0.3) is 0 Å². The summed E-state index contributed by atoms with van der Waals surface area (Å²) in [5.74, 6) is 0. The first kappa shape index (κ1) is 8.35. The van der Waals surface area contributed by atoms with Crippen molar-refractivity contribution in [1.29, 1.82) is 0 Å². The lowest BCUT2D eigenvalue weighted by Crippen LogP contribution is -2.04. The minimum Gasteiger partial charge on any atom is -0.184 e. The minimum atomic E-state index is 0.922. The Balaban J connectivity index is 2.28. The Hall–Kier alpha value is -1.25. The Morgan fingerprint density at radius 1 is 1.23 bits per heavy atom. The molecule has 1 heterocycles. The zero-order chi connectivity index (χ0) is 9.10. The van der Waals surface area contributed by atoms with Crippen LogP contribution in [-0.2, 0) is 6.54 Å². The van der Waals surface area contributed by atoms with Crippen LogP contribution in [0.5, 0.6) is 0 Å². The highest BCUT2D eigenvalue weighted by molar-refractivity contribution is 6.89. The molecule has 0 aliphatic rings. The van der Waals surface area contributed by atoms with E-state index < -0.39 is 0 Å². The van der Waals surface area contributed by atoms with Crippen molar-refractivity contribution >= 4 is 25.9 Å². The predicted octanol–water partition coefficient (Wildman–Crippen LogP) is -0.166. The van der Waals surface area contributed by atoms with Gasteiger partial charge in [0.05, 0.1) is 21.5 Å². The van der Waals surface area contributed by atoms with Crippen LogP contribution in [0.25, 0.3) is 11.0 Å². The van der Waals surface area contributed by atoms with Gasteiger partial charge in [-0.3, -0.25) is 0 Å². The third-order valence-corrected chi connectivity index (χ3v) is 2.04. The van der Waals surface area contributed by atoms with E-state index in [2.05, 4.69) is 17.9 Å². The molecule has 0 N–H and O–H groups in total. The first-order chi connectivity index (χ1) is 6.40. The molecule has 1 aromatic carbocycles. The van der Waals surface area contributed by atoms with Crippen LogP contribution in [0.2, 0.25) is 6.32 Å². The molecular formula is C8H11B2N3. The summed E-state index contributed by atoms with van der Waals surface area (Å²) >= 11 is 0. The highest BCUT2D eigenvalue weighted by Gasteiger charge is 1.99. The Bertz CT molecular complexity index is 366. The van der Waals surface area contributed by atoms with Gasteiger partial charge in [0.1, 0.15) is 11.0 Å². The quantitative estimate of drug-likeness (QED) is 0.600. The van der Waals surface area contributed by atoms with Crippen molar-refractivity contribution in [1.82, 2.24) is 15.0 Å². The zero-order valence-corrected chi connectivity index (χ0v) is 7.77. The fraction of sp³-hybridized carbons (Fsp3) is 0.250. The molecule has 0 unspecified atom stereocenters. The number of hydrogen-bond acceptors (Lipinski definition) is 2. The van der Waals surface area contributed by atoms with E-state index >= 15 is 0 Å². The number of rotatable bonds is 3. The highest BCUT2D eigenvalue weighted by Crippen LogP contribution is 2.06. The van der Waals surface area contributed by atoms with Gasteiger partial charge in [0.15, 0.2) is 0 Å². The lowest BCUT2D eigenvalue weighted by atomic mass is 9.54. The van der Waals surface area contributed by atoms with Crippen LogP contribution in [-0.4, -0.2) is 29.9 Å². The van der Waals surface area contributed by atoms with Crippen LogP contribution in [0.4, 0.5) is 0 Å². The van der Waals surface area contributed by atoms with Gasteiger partial charge in [-0.05, 0) is 12.1 Å². The molecule has 0 spiro atoms. The van der Waals surface area contributed by atoms with E-state index in [1.54, 1.807) is 4.80 Å². The van der Waals surface area contributed by atoms with Crippen LogP contribution >= 0.6 is 0 Å². The van der Waals surface area contributed by atoms with E-state index in [1.807, 2.05) is 24.3 Å². The average molecular weight is 171 g/mol. The van der Waals surface area contributed by atoms with Crippen molar-refractivity contribution in [3.05, 3.63) is 24.3 Å². The maximum atomic E-state index is 4.36. The molecule has 3 nitrogen and oxygen atoms in total. The smallest absolute Gasteiger partial charge is 0.113 e. The number of fused-ring (bicyclic) bond motifs is 1. The van der Waals surface area contributed by atoms with Crippen LogP contribution < -0.4 is 0 Å². The van der Waals surface area contributed by atoms with Crippen LogP contribution in [0.15, 0.2) is 24.3 Å². The monoisotopic (exact) mass is 171 g/mol. The third-order valence-electron chi connectivity index (χ3n) is 2.04. The number of hydrogen-bond donors (Lipinski definition) is 0. The fourth-order valence-electron chi connectivity index (χ4n) is 1.30. The number of benzene rings is 1. The van der Waals surface area contributed by atoms with Crippen LogP contribution in [0, 0.1) is 0 Å². The average Bonchev–Trinajstić information content (AvgIpc) is 2.57. The summed E-state index contributed by atoms with van der Waals surface area (Å²) in [7, 11) is 3.35. The summed E-state index contributed by atoms with van der Waals surface area (Å²) in [5, 5.41) is 8.71. The summed E-state index contributed by atoms with van der Waals surface area (Å²) < 4.78 is 0. The van der Waals surface area contributed by atoms with Crippen molar-refractivity contribution in [2.75, 3.05) is 0 Å². The molecule has 0 saturated heterocycles. The highest BCUT2D eigenvalue weighted by atomic mass is 15.5. The van der Waals surface area contributed by atoms with Crippen molar-refractivity contribution in [2.45, 2.75) is 12.9 Å². The fourth-order valence-corrected chi connectivity index (χ4v) is 1.30. The molecule has 5 heteroatoms. The molecule has 2 rings (SSSR count). The molecule has 1 aromatic heterocycles. The molecule has 0 saturated carbocycles. The van der Waals surface area contributed by atoms with E-state index in [9.17, 15) is 0 Å². The van der Waals surface area contributed by atoms with Gasteiger partial charge in [-0.15, -0.1) is 0 Å². The lowest BCUT2D eigenvalue weighted by molar-refractivity contribution is 0.577. The Morgan fingerprint density at radius 3 is 2.38 bits per heavy atom. The third kappa shape index (κ3) is 1.74. The molecule has 0 fully saturated rings. The Labute approximate surface area is 78.8 Å². The second-order valence-electron chi connectivity index (χ2n) is 3.14. The van der Waals surface area contributed by atoms with Crippen LogP contribution in [0.1, 0.15) is 0 Å². The molecular weight excluding hydrogens is 160 g/mol. The van der Waals surface area contributed by atoms with E-state index in [4.69, 9.17) is 0 Å². The number of nitrogens with zero attached hydrogens (tertiary/aromatic N) is 3. The van der Waals surface area contributed by atoms with Gasteiger partial charge in [0.2, 0.25) is 0 Å².